The van der Waals surface area contributed by atoms with Crippen molar-refractivity contribution in [3.8, 4) is 0 Å². The summed E-state index contributed by atoms with van der Waals surface area (Å²) in [5, 5.41) is 0. The lowest BCUT2D eigenvalue weighted by Gasteiger charge is -2.21. The second-order valence-corrected chi connectivity index (χ2v) is 6.25. The van der Waals surface area contributed by atoms with Gasteiger partial charge >= 0.3 is 6.18 Å². The summed E-state index contributed by atoms with van der Waals surface area (Å²) in [5.41, 5.74) is -1.17. The second kappa shape index (κ2) is 7.73. The second-order valence-electron chi connectivity index (χ2n) is 6.25. The summed E-state index contributed by atoms with van der Waals surface area (Å²) >= 11 is 0. The minimum absolute atomic E-state index is 0.0975. The lowest BCUT2D eigenvalue weighted by Crippen LogP contribution is -2.30. The fraction of sp³-hybridized carbons (Fsp3) is 0.333. The first-order valence-electron chi connectivity index (χ1n) is 7.98. The fourth-order valence-corrected chi connectivity index (χ4v) is 2.58. The molecule has 1 amide bonds. The molecule has 0 saturated carbocycles. The van der Waals surface area contributed by atoms with Crippen molar-refractivity contribution >= 4 is 11.7 Å². The number of likely N-dealkylation sites (N-methyl/N-ethyl adjacent to an activating group) is 1. The number of carbonyl (C=O) groups is 2. The molecule has 0 saturated heterocycles. The molecule has 6 nitrogen and oxygen atoms in total. The third-order valence-corrected chi connectivity index (χ3v) is 3.91. The standard InChI is InChI=1S/C18H18F3N3O3/c1-10-22-14(9-16(26)23-10)15(25)8-13(17(27)24(2)3)11-4-6-12(7-5-11)18(19,20)21/h4-7,9,13H,8H2,1-3H3,(H,22,23,26). The number of carbonyl (C=O) groups excluding carboxylic acids is 2. The number of alkyl halides is 3. The summed E-state index contributed by atoms with van der Waals surface area (Å²) in [6, 6.07) is 5.12. The molecule has 144 valence electrons. The molecule has 0 spiro atoms. The summed E-state index contributed by atoms with van der Waals surface area (Å²) in [6.07, 6.45) is -4.82. The van der Waals surface area contributed by atoms with Crippen LogP contribution in [0.3, 0.4) is 0 Å². The average molecular weight is 381 g/mol. The number of ketones is 1. The van der Waals surface area contributed by atoms with Gasteiger partial charge in [0.15, 0.2) is 5.78 Å². The van der Waals surface area contributed by atoms with Crippen molar-refractivity contribution in [1.82, 2.24) is 14.9 Å². The minimum atomic E-state index is -4.50. The number of aryl methyl sites for hydroxylation is 1. The molecule has 1 N–H and O–H groups in total. The quantitative estimate of drug-likeness (QED) is 0.807. The Morgan fingerprint density at radius 1 is 1.19 bits per heavy atom. The van der Waals surface area contributed by atoms with Crippen molar-refractivity contribution in [3.63, 3.8) is 0 Å². The highest BCUT2D eigenvalue weighted by Crippen LogP contribution is 2.31. The van der Waals surface area contributed by atoms with Gasteiger partial charge in [-0.1, -0.05) is 12.1 Å². The van der Waals surface area contributed by atoms with Crippen LogP contribution in [0.1, 0.15) is 39.8 Å². The van der Waals surface area contributed by atoms with E-state index in [1.165, 1.54) is 38.1 Å². The van der Waals surface area contributed by atoms with E-state index >= 15 is 0 Å². The van der Waals surface area contributed by atoms with E-state index in [0.29, 0.717) is 0 Å². The van der Waals surface area contributed by atoms with E-state index in [1.54, 1.807) is 0 Å². The highest BCUT2D eigenvalue weighted by atomic mass is 19.4. The van der Waals surface area contributed by atoms with E-state index in [-0.39, 0.29) is 23.5 Å². The number of H-pyrrole nitrogens is 1. The van der Waals surface area contributed by atoms with Gasteiger partial charge in [-0.25, -0.2) is 4.98 Å². The first-order chi connectivity index (χ1) is 12.5. The predicted molar refractivity (Wildman–Crippen MR) is 91.4 cm³/mol. The third kappa shape index (κ3) is 5.02. The summed E-state index contributed by atoms with van der Waals surface area (Å²) in [7, 11) is 2.97. The molecule has 1 heterocycles. The molecule has 0 aliphatic carbocycles. The molecule has 1 aromatic carbocycles. The summed E-state index contributed by atoms with van der Waals surface area (Å²) in [5.74, 6) is -1.74. The normalized spacial score (nSPS) is 12.5. The third-order valence-electron chi connectivity index (χ3n) is 3.91. The van der Waals surface area contributed by atoms with Crippen LogP contribution in [0.25, 0.3) is 0 Å². The molecule has 0 aliphatic rings. The lowest BCUT2D eigenvalue weighted by atomic mass is 9.91. The van der Waals surface area contributed by atoms with Crippen molar-refractivity contribution < 1.29 is 22.8 Å². The molecule has 1 unspecified atom stereocenters. The van der Waals surface area contributed by atoms with Crippen molar-refractivity contribution in [3.05, 3.63) is 63.3 Å². The van der Waals surface area contributed by atoms with Crippen molar-refractivity contribution in [2.24, 2.45) is 0 Å². The molecule has 1 atom stereocenters. The lowest BCUT2D eigenvalue weighted by molar-refractivity contribution is -0.137. The SMILES string of the molecule is Cc1nc(C(=O)CC(C(=O)N(C)C)c2ccc(C(F)(F)F)cc2)cc(=O)[nH]1. The highest BCUT2D eigenvalue weighted by Gasteiger charge is 2.31. The van der Waals surface area contributed by atoms with Gasteiger partial charge in [0.05, 0.1) is 11.5 Å². The number of benzene rings is 1. The molecule has 0 aliphatic heterocycles. The van der Waals surface area contributed by atoms with E-state index in [2.05, 4.69) is 9.97 Å². The van der Waals surface area contributed by atoms with E-state index < -0.39 is 34.9 Å². The average Bonchev–Trinajstić information content (AvgIpc) is 2.57. The van der Waals surface area contributed by atoms with Gasteiger partial charge in [-0.3, -0.25) is 14.4 Å². The Balaban J connectivity index is 2.36. The van der Waals surface area contributed by atoms with Crippen LogP contribution in [-0.2, 0) is 11.0 Å². The molecule has 0 radical (unpaired) electrons. The minimum Gasteiger partial charge on any atom is -0.348 e. The van der Waals surface area contributed by atoms with E-state index in [0.717, 1.165) is 18.2 Å². The molecule has 1 aromatic heterocycles. The number of halogens is 3. The number of hydrogen-bond donors (Lipinski definition) is 1. The molecule has 27 heavy (non-hydrogen) atoms. The van der Waals surface area contributed by atoms with Crippen LogP contribution in [0.15, 0.2) is 35.1 Å². The number of nitrogens with zero attached hydrogens (tertiary/aromatic N) is 2. The summed E-state index contributed by atoms with van der Waals surface area (Å²) < 4.78 is 38.2. The zero-order valence-corrected chi connectivity index (χ0v) is 14.9. The van der Waals surface area contributed by atoms with Crippen LogP contribution in [-0.4, -0.2) is 40.7 Å². The number of Topliss-reactive ketones (excluding diaryl/α,β-unsaturated/α-hetero) is 1. The Labute approximate surface area is 153 Å². The number of aromatic nitrogens is 2. The van der Waals surface area contributed by atoms with Gasteiger partial charge in [0.25, 0.3) is 5.56 Å². The van der Waals surface area contributed by atoms with E-state index in [1.807, 2.05) is 0 Å². The molecule has 2 rings (SSSR count). The highest BCUT2D eigenvalue weighted by molar-refractivity contribution is 5.98. The molecular weight excluding hydrogens is 363 g/mol. The summed E-state index contributed by atoms with van der Waals surface area (Å²) in [6.45, 7) is 1.51. The molecule has 9 heteroatoms. The fourth-order valence-electron chi connectivity index (χ4n) is 2.58. The first kappa shape index (κ1) is 20.3. The van der Waals surface area contributed by atoms with Crippen LogP contribution >= 0.6 is 0 Å². The van der Waals surface area contributed by atoms with Crippen LogP contribution in [0.2, 0.25) is 0 Å². The van der Waals surface area contributed by atoms with Gasteiger partial charge in [-0.15, -0.1) is 0 Å². The van der Waals surface area contributed by atoms with Crippen molar-refractivity contribution in [1.29, 1.82) is 0 Å². The Bertz CT molecular complexity index is 903. The number of rotatable bonds is 5. The van der Waals surface area contributed by atoms with Crippen LogP contribution < -0.4 is 5.56 Å². The molecular formula is C18H18F3N3O3. The Kier molecular flexibility index (Phi) is 5.82. The van der Waals surface area contributed by atoms with Gasteiger partial charge in [0, 0.05) is 26.6 Å². The van der Waals surface area contributed by atoms with Gasteiger partial charge in [-0.2, -0.15) is 13.2 Å². The number of amides is 1. The van der Waals surface area contributed by atoms with Crippen LogP contribution in [0.5, 0.6) is 0 Å². The van der Waals surface area contributed by atoms with Gasteiger partial charge in [-0.05, 0) is 24.6 Å². The maximum absolute atomic E-state index is 12.7. The Morgan fingerprint density at radius 3 is 2.26 bits per heavy atom. The van der Waals surface area contributed by atoms with Crippen LogP contribution in [0.4, 0.5) is 13.2 Å². The van der Waals surface area contributed by atoms with Crippen molar-refractivity contribution in [2.75, 3.05) is 14.1 Å². The monoisotopic (exact) mass is 381 g/mol. The summed E-state index contributed by atoms with van der Waals surface area (Å²) in [4.78, 5) is 44.1. The number of hydrogen-bond acceptors (Lipinski definition) is 4. The van der Waals surface area contributed by atoms with E-state index in [4.69, 9.17) is 0 Å². The topological polar surface area (TPSA) is 83.1 Å². The molecule has 0 bridgehead atoms. The predicted octanol–water partition coefficient (Wildman–Crippen LogP) is 2.54. The first-order valence-corrected chi connectivity index (χ1v) is 7.98. The molecule has 0 fully saturated rings. The zero-order valence-electron chi connectivity index (χ0n) is 14.9. The van der Waals surface area contributed by atoms with Crippen LogP contribution in [0, 0.1) is 6.92 Å². The van der Waals surface area contributed by atoms with E-state index in [9.17, 15) is 27.6 Å². The zero-order chi connectivity index (χ0) is 20.4. The Hall–Kier alpha value is -2.97. The van der Waals surface area contributed by atoms with Gasteiger partial charge in [0.1, 0.15) is 11.5 Å². The Morgan fingerprint density at radius 2 is 1.78 bits per heavy atom. The smallest absolute Gasteiger partial charge is 0.348 e. The largest absolute Gasteiger partial charge is 0.416 e. The number of nitrogens with one attached hydrogen (secondary N) is 1. The number of aromatic amines is 1. The maximum Gasteiger partial charge on any atom is 0.416 e. The maximum atomic E-state index is 12.7. The molecule has 2 aromatic rings. The van der Waals surface area contributed by atoms with Crippen molar-refractivity contribution in [2.45, 2.75) is 25.4 Å². The van der Waals surface area contributed by atoms with Gasteiger partial charge < -0.3 is 9.88 Å². The van der Waals surface area contributed by atoms with Gasteiger partial charge in [0.2, 0.25) is 5.91 Å².